The van der Waals surface area contributed by atoms with Crippen molar-refractivity contribution in [1.29, 1.82) is 0 Å². The van der Waals surface area contributed by atoms with E-state index in [1.54, 1.807) is 12.1 Å². The number of hydrogen-bond acceptors (Lipinski definition) is 5. The van der Waals surface area contributed by atoms with E-state index in [9.17, 15) is 23.5 Å². The summed E-state index contributed by atoms with van der Waals surface area (Å²) in [5.74, 6) is -4.09. The first-order chi connectivity index (χ1) is 16.0. The number of ketones is 1. The number of carbonyl (C=O) groups excluding carboxylic acids is 2. The minimum Gasteiger partial charge on any atom is -0.507 e. The molecule has 0 aliphatic carbocycles. The summed E-state index contributed by atoms with van der Waals surface area (Å²) in [6, 6.07) is 9.60. The van der Waals surface area contributed by atoms with Crippen molar-refractivity contribution in [3.8, 4) is 5.75 Å². The highest BCUT2D eigenvalue weighted by Crippen LogP contribution is 2.44. The molecule has 1 N–H and O–H groups in total. The lowest BCUT2D eigenvalue weighted by molar-refractivity contribution is -0.132. The highest BCUT2D eigenvalue weighted by atomic mass is 19.1. The van der Waals surface area contributed by atoms with Crippen LogP contribution in [0.2, 0.25) is 0 Å². The van der Waals surface area contributed by atoms with Gasteiger partial charge in [0.15, 0.2) is 0 Å². The Kier molecular flexibility index (Phi) is 5.77. The highest BCUT2D eigenvalue weighted by molar-refractivity contribution is 6.51. The van der Waals surface area contributed by atoms with Crippen molar-refractivity contribution in [3.63, 3.8) is 0 Å². The molecular weight excluding hydrogens is 444 g/mol. The molecule has 1 amide bonds. The van der Waals surface area contributed by atoms with Crippen LogP contribution in [0.25, 0.3) is 5.76 Å². The van der Waals surface area contributed by atoms with Gasteiger partial charge in [0.25, 0.3) is 11.7 Å². The topological polar surface area (TPSA) is 80.0 Å². The zero-order valence-electron chi connectivity index (χ0n) is 19.1. The van der Waals surface area contributed by atoms with E-state index < -0.39 is 35.1 Å². The third-order valence-electron chi connectivity index (χ3n) is 5.75. The van der Waals surface area contributed by atoms with Gasteiger partial charge in [-0.1, -0.05) is 26.8 Å². The molecule has 2 aromatic carbocycles. The van der Waals surface area contributed by atoms with E-state index in [-0.39, 0.29) is 33.7 Å². The number of aliphatic hydroxyl groups excluding tert-OH is 1. The van der Waals surface area contributed by atoms with Gasteiger partial charge in [-0.15, -0.1) is 0 Å². The summed E-state index contributed by atoms with van der Waals surface area (Å²) in [7, 11) is 1.42. The van der Waals surface area contributed by atoms with E-state index in [1.807, 2.05) is 26.8 Å². The lowest BCUT2D eigenvalue weighted by Crippen LogP contribution is -2.30. The van der Waals surface area contributed by atoms with E-state index in [2.05, 4.69) is 0 Å². The first-order valence-corrected chi connectivity index (χ1v) is 10.5. The van der Waals surface area contributed by atoms with Gasteiger partial charge in [0, 0.05) is 6.07 Å². The molecule has 0 bridgehead atoms. The molecule has 1 aliphatic rings. The quantitative estimate of drug-likeness (QED) is 0.312. The predicted molar refractivity (Wildman–Crippen MR) is 122 cm³/mol. The van der Waals surface area contributed by atoms with Crippen LogP contribution in [0.4, 0.5) is 14.5 Å². The second-order valence-corrected chi connectivity index (χ2v) is 8.95. The van der Waals surface area contributed by atoms with Crippen LogP contribution in [0.5, 0.6) is 5.75 Å². The molecule has 34 heavy (non-hydrogen) atoms. The van der Waals surface area contributed by atoms with Crippen molar-refractivity contribution < 1.29 is 32.6 Å². The van der Waals surface area contributed by atoms with Crippen molar-refractivity contribution in [2.45, 2.75) is 32.2 Å². The summed E-state index contributed by atoms with van der Waals surface area (Å²) >= 11 is 0. The molecule has 8 heteroatoms. The van der Waals surface area contributed by atoms with Crippen molar-refractivity contribution >= 4 is 23.1 Å². The smallest absolute Gasteiger partial charge is 0.300 e. The van der Waals surface area contributed by atoms with E-state index in [0.29, 0.717) is 6.07 Å². The van der Waals surface area contributed by atoms with Crippen molar-refractivity contribution in [1.82, 2.24) is 0 Å². The lowest BCUT2D eigenvalue weighted by Gasteiger charge is -2.24. The Balaban J connectivity index is 1.98. The molecule has 3 aromatic rings. The van der Waals surface area contributed by atoms with Crippen molar-refractivity contribution in [2.24, 2.45) is 0 Å². The maximum Gasteiger partial charge on any atom is 0.300 e. The van der Waals surface area contributed by atoms with E-state index in [4.69, 9.17) is 9.15 Å². The molecule has 6 nitrogen and oxygen atoms in total. The zero-order valence-corrected chi connectivity index (χ0v) is 19.1. The average molecular weight is 467 g/mol. The Morgan fingerprint density at radius 1 is 1.09 bits per heavy atom. The summed E-state index contributed by atoms with van der Waals surface area (Å²) in [6.45, 7) is 5.95. The van der Waals surface area contributed by atoms with Gasteiger partial charge >= 0.3 is 0 Å². The van der Waals surface area contributed by atoms with Gasteiger partial charge in [-0.2, -0.15) is 0 Å². The molecule has 4 rings (SSSR count). The summed E-state index contributed by atoms with van der Waals surface area (Å²) in [4.78, 5) is 27.1. The van der Waals surface area contributed by atoms with Crippen LogP contribution in [-0.4, -0.2) is 23.9 Å². The van der Waals surface area contributed by atoms with Crippen LogP contribution < -0.4 is 9.64 Å². The fraction of sp³-hybridized carbons (Fsp3) is 0.231. The number of aliphatic hydroxyl groups is 1. The number of halogens is 2. The second kappa shape index (κ2) is 8.44. The molecule has 176 valence electrons. The minimum atomic E-state index is -1.28. The number of benzene rings is 2. The van der Waals surface area contributed by atoms with Crippen molar-refractivity contribution in [3.05, 3.63) is 88.9 Å². The third-order valence-corrected chi connectivity index (χ3v) is 5.75. The Morgan fingerprint density at radius 2 is 1.82 bits per heavy atom. The molecule has 0 spiro atoms. The van der Waals surface area contributed by atoms with Gasteiger partial charge in [-0.3, -0.25) is 14.5 Å². The summed E-state index contributed by atoms with van der Waals surface area (Å²) < 4.78 is 39.1. The Labute approximate surface area is 195 Å². The van der Waals surface area contributed by atoms with Crippen LogP contribution in [-0.2, 0) is 15.0 Å². The van der Waals surface area contributed by atoms with Gasteiger partial charge in [0.1, 0.15) is 34.9 Å². The lowest BCUT2D eigenvalue weighted by atomic mass is 9.85. The molecule has 1 aliphatic heterocycles. The number of anilines is 1. The number of hydrogen-bond donors (Lipinski definition) is 1. The number of Topliss-reactive ketones (excluding diaryl/α,β-unsaturated/α-hetero) is 1. The molecule has 2 heterocycles. The van der Waals surface area contributed by atoms with Crippen LogP contribution in [0.3, 0.4) is 0 Å². The molecule has 1 saturated heterocycles. The van der Waals surface area contributed by atoms with Crippen LogP contribution in [0.1, 0.15) is 43.7 Å². The summed E-state index contributed by atoms with van der Waals surface area (Å²) in [6.07, 6.45) is 1.33. The predicted octanol–water partition coefficient (Wildman–Crippen LogP) is 5.49. The van der Waals surface area contributed by atoms with Gasteiger partial charge in [0.2, 0.25) is 0 Å². The van der Waals surface area contributed by atoms with Crippen LogP contribution in [0, 0.1) is 11.6 Å². The van der Waals surface area contributed by atoms with Crippen LogP contribution in [0.15, 0.2) is 64.8 Å². The maximum atomic E-state index is 14.7. The van der Waals surface area contributed by atoms with E-state index >= 15 is 0 Å². The number of methoxy groups -OCH3 is 1. The largest absolute Gasteiger partial charge is 0.507 e. The maximum absolute atomic E-state index is 14.7. The number of ether oxygens (including phenoxy) is 1. The first kappa shape index (κ1) is 23.2. The zero-order chi connectivity index (χ0) is 24.8. The fourth-order valence-electron chi connectivity index (χ4n) is 3.98. The number of amides is 1. The Morgan fingerprint density at radius 3 is 2.41 bits per heavy atom. The monoisotopic (exact) mass is 467 g/mol. The number of carbonyl (C=O) groups is 2. The van der Waals surface area contributed by atoms with E-state index in [1.165, 1.54) is 25.5 Å². The Hall–Kier alpha value is -3.94. The average Bonchev–Trinajstić information content (AvgIpc) is 3.40. The van der Waals surface area contributed by atoms with Gasteiger partial charge < -0.3 is 14.3 Å². The van der Waals surface area contributed by atoms with E-state index in [0.717, 1.165) is 22.6 Å². The molecular formula is C26H23F2NO5. The molecule has 1 aromatic heterocycles. The highest BCUT2D eigenvalue weighted by Gasteiger charge is 2.49. The van der Waals surface area contributed by atoms with Crippen LogP contribution >= 0.6 is 0 Å². The van der Waals surface area contributed by atoms with Gasteiger partial charge in [-0.25, -0.2) is 8.78 Å². The SMILES string of the molecule is COc1ccc(C(C)(C)C)cc1/C(O)=C1\C(=O)C(=O)N(c2ccc(F)cc2F)C1c1ccco1. The number of nitrogens with zero attached hydrogens (tertiary/aromatic N) is 1. The number of rotatable bonds is 4. The first-order valence-electron chi connectivity index (χ1n) is 10.5. The standard InChI is InChI=1S/C26H23F2NO5/c1-26(2,3)14-7-10-19(33-4)16(12-14)23(30)21-22(20-6-5-11-34-20)29(25(32)24(21)31)18-9-8-15(27)13-17(18)28/h5-13,22,30H,1-4H3/b23-21+. The summed E-state index contributed by atoms with van der Waals surface area (Å²) in [5.41, 5.74) is 0.144. The third kappa shape index (κ3) is 3.85. The second-order valence-electron chi connectivity index (χ2n) is 8.95. The van der Waals surface area contributed by atoms with Crippen molar-refractivity contribution in [2.75, 3.05) is 12.0 Å². The molecule has 1 unspecified atom stereocenters. The Bertz CT molecular complexity index is 1310. The molecule has 0 radical (unpaired) electrons. The molecule has 1 fully saturated rings. The summed E-state index contributed by atoms with van der Waals surface area (Å²) in [5, 5.41) is 11.4. The minimum absolute atomic E-state index is 0.121. The fourth-order valence-corrected chi connectivity index (χ4v) is 3.98. The molecule has 1 atom stereocenters. The normalized spacial score (nSPS) is 17.9. The molecule has 0 saturated carbocycles. The van der Waals surface area contributed by atoms with Gasteiger partial charge in [-0.05, 0) is 47.4 Å². The number of furan rings is 1. The van der Waals surface area contributed by atoms with Gasteiger partial charge in [0.05, 0.1) is 30.2 Å².